The van der Waals surface area contributed by atoms with Crippen LogP contribution in [0.2, 0.25) is 0 Å². The van der Waals surface area contributed by atoms with Gasteiger partial charge in [0.25, 0.3) is 0 Å². The molecule has 19 heavy (non-hydrogen) atoms. The van der Waals surface area contributed by atoms with Crippen molar-refractivity contribution in [1.29, 1.82) is 0 Å². The molecule has 0 N–H and O–H groups in total. The van der Waals surface area contributed by atoms with Crippen molar-refractivity contribution in [2.75, 3.05) is 7.11 Å². The summed E-state index contributed by atoms with van der Waals surface area (Å²) >= 11 is 1.79. The van der Waals surface area contributed by atoms with Crippen molar-refractivity contribution < 1.29 is 4.74 Å². The minimum atomic E-state index is 0.512. The van der Waals surface area contributed by atoms with Crippen molar-refractivity contribution in [1.82, 2.24) is 0 Å². The summed E-state index contributed by atoms with van der Waals surface area (Å²) < 4.78 is 5.21. The van der Waals surface area contributed by atoms with E-state index in [9.17, 15) is 0 Å². The van der Waals surface area contributed by atoms with E-state index in [1.807, 2.05) is 0 Å². The third-order valence-electron chi connectivity index (χ3n) is 3.44. The molecule has 110 valence electrons. The fourth-order valence-electron chi connectivity index (χ4n) is 2.26. The smallest absolute Gasteiger partial charge is 0.173 e. The normalized spacial score (nSPS) is 11.8. The van der Waals surface area contributed by atoms with Gasteiger partial charge in [0.1, 0.15) is 0 Å². The molecule has 2 heteroatoms. The highest BCUT2D eigenvalue weighted by atomic mass is 32.1. The van der Waals surface area contributed by atoms with Crippen molar-refractivity contribution in [3.05, 3.63) is 17.0 Å². The molecule has 0 atom stereocenters. The second kappa shape index (κ2) is 8.63. The van der Waals surface area contributed by atoms with E-state index >= 15 is 0 Å². The highest BCUT2D eigenvalue weighted by Gasteiger charge is 2.08. The van der Waals surface area contributed by atoms with E-state index in [4.69, 9.17) is 4.74 Å². The summed E-state index contributed by atoms with van der Waals surface area (Å²) in [6.07, 6.45) is 10.9. The van der Waals surface area contributed by atoms with Crippen LogP contribution in [0, 0.1) is 5.41 Å². The van der Waals surface area contributed by atoms with Crippen molar-refractivity contribution in [3.63, 3.8) is 0 Å². The molecule has 0 amide bonds. The molecule has 0 unspecified atom stereocenters. The Bertz CT molecular complexity index is 335. The quantitative estimate of drug-likeness (QED) is 0.499. The number of hydrogen-bond acceptors (Lipinski definition) is 2. The van der Waals surface area contributed by atoms with Gasteiger partial charge < -0.3 is 4.74 Å². The first kappa shape index (κ1) is 16.6. The van der Waals surface area contributed by atoms with E-state index in [1.165, 1.54) is 56.2 Å². The highest BCUT2D eigenvalue weighted by molar-refractivity contribution is 7.13. The first-order valence-electron chi connectivity index (χ1n) is 7.64. The lowest BCUT2D eigenvalue weighted by atomic mass is 9.89. The Hall–Kier alpha value is -0.500. The summed E-state index contributed by atoms with van der Waals surface area (Å²) in [5.74, 6) is 0. The Morgan fingerprint density at radius 3 is 2.16 bits per heavy atom. The summed E-state index contributed by atoms with van der Waals surface area (Å²) in [6.45, 7) is 7.01. The van der Waals surface area contributed by atoms with Gasteiger partial charge >= 0.3 is 0 Å². The van der Waals surface area contributed by atoms with Crippen LogP contribution in [-0.4, -0.2) is 7.11 Å². The molecule has 0 aliphatic rings. The molecule has 0 radical (unpaired) electrons. The van der Waals surface area contributed by atoms with Crippen molar-refractivity contribution in [3.8, 4) is 5.06 Å². The molecule has 0 spiro atoms. The van der Waals surface area contributed by atoms with E-state index < -0.39 is 0 Å². The lowest BCUT2D eigenvalue weighted by molar-refractivity contribution is 0.356. The number of rotatable bonds is 9. The molecular weight excluding hydrogens is 252 g/mol. The molecule has 0 fully saturated rings. The molecule has 1 rings (SSSR count). The van der Waals surface area contributed by atoms with Crippen LogP contribution in [0.15, 0.2) is 12.1 Å². The Labute approximate surface area is 123 Å². The molecule has 1 aromatic rings. The Morgan fingerprint density at radius 2 is 1.58 bits per heavy atom. The van der Waals surface area contributed by atoms with Gasteiger partial charge in [0.15, 0.2) is 5.06 Å². The van der Waals surface area contributed by atoms with Gasteiger partial charge in [-0.05, 0) is 36.8 Å². The molecule has 0 bridgehead atoms. The summed E-state index contributed by atoms with van der Waals surface area (Å²) in [6, 6.07) is 4.28. The van der Waals surface area contributed by atoms with Crippen LogP contribution >= 0.6 is 11.3 Å². The van der Waals surface area contributed by atoms with Gasteiger partial charge in [-0.2, -0.15) is 0 Å². The minimum Gasteiger partial charge on any atom is -0.487 e. The molecule has 0 aliphatic heterocycles. The fraction of sp³-hybridized carbons (Fsp3) is 0.765. The second-order valence-corrected chi connectivity index (χ2v) is 7.74. The van der Waals surface area contributed by atoms with Crippen LogP contribution in [0.25, 0.3) is 0 Å². The molecule has 1 heterocycles. The fourth-order valence-corrected chi connectivity index (χ4v) is 3.12. The van der Waals surface area contributed by atoms with Gasteiger partial charge in [0.05, 0.1) is 7.11 Å². The molecule has 0 saturated carbocycles. The van der Waals surface area contributed by atoms with Crippen molar-refractivity contribution in [2.45, 2.75) is 72.1 Å². The third kappa shape index (κ3) is 8.30. The molecule has 1 aromatic heterocycles. The number of ether oxygens (including phenoxy) is 1. The first-order valence-corrected chi connectivity index (χ1v) is 8.45. The third-order valence-corrected chi connectivity index (χ3v) is 4.54. The molecule has 0 aromatic carbocycles. The lowest BCUT2D eigenvalue weighted by Gasteiger charge is -2.17. The zero-order valence-electron chi connectivity index (χ0n) is 13.1. The number of thiophene rings is 1. The SMILES string of the molecule is COc1ccc(CCCCCCCCC(C)(C)C)s1. The van der Waals surface area contributed by atoms with E-state index in [1.54, 1.807) is 18.4 Å². The Morgan fingerprint density at radius 1 is 0.947 bits per heavy atom. The van der Waals surface area contributed by atoms with Crippen LogP contribution in [0.4, 0.5) is 0 Å². The topological polar surface area (TPSA) is 9.23 Å². The van der Waals surface area contributed by atoms with Gasteiger partial charge in [-0.15, -0.1) is 11.3 Å². The zero-order chi connectivity index (χ0) is 14.1. The number of methoxy groups -OCH3 is 1. The second-order valence-electron chi connectivity index (χ2n) is 6.61. The van der Waals surface area contributed by atoms with Gasteiger partial charge in [0, 0.05) is 4.88 Å². The zero-order valence-corrected chi connectivity index (χ0v) is 13.9. The molecule has 1 nitrogen and oxygen atoms in total. The van der Waals surface area contributed by atoms with E-state index in [2.05, 4.69) is 32.9 Å². The van der Waals surface area contributed by atoms with Crippen LogP contribution < -0.4 is 4.74 Å². The maximum Gasteiger partial charge on any atom is 0.173 e. The summed E-state index contributed by atoms with van der Waals surface area (Å²) in [5.41, 5.74) is 0.512. The predicted octanol–water partition coefficient (Wildman–Crippen LogP) is 6.08. The average molecular weight is 282 g/mol. The number of unbranched alkanes of at least 4 members (excludes halogenated alkanes) is 5. The van der Waals surface area contributed by atoms with E-state index in [-0.39, 0.29) is 0 Å². The van der Waals surface area contributed by atoms with Crippen LogP contribution in [0.5, 0.6) is 5.06 Å². The highest BCUT2D eigenvalue weighted by Crippen LogP contribution is 2.26. The van der Waals surface area contributed by atoms with Crippen molar-refractivity contribution in [2.24, 2.45) is 5.41 Å². The lowest BCUT2D eigenvalue weighted by Crippen LogP contribution is -2.03. The average Bonchev–Trinajstić information content (AvgIpc) is 2.79. The largest absolute Gasteiger partial charge is 0.487 e. The maximum atomic E-state index is 5.21. The monoisotopic (exact) mass is 282 g/mol. The standard InChI is InChI=1S/C17H30OS/c1-17(2,3)14-10-8-6-5-7-9-11-15-12-13-16(18-4)19-15/h12-13H,5-11,14H2,1-4H3. The van der Waals surface area contributed by atoms with Crippen molar-refractivity contribution >= 4 is 11.3 Å². The van der Waals surface area contributed by atoms with E-state index in [0.29, 0.717) is 5.41 Å². The van der Waals surface area contributed by atoms with Crippen LogP contribution in [0.3, 0.4) is 0 Å². The summed E-state index contributed by atoms with van der Waals surface area (Å²) in [7, 11) is 1.74. The van der Waals surface area contributed by atoms with Crippen LogP contribution in [0.1, 0.15) is 70.6 Å². The first-order chi connectivity index (χ1) is 9.01. The van der Waals surface area contributed by atoms with Gasteiger partial charge in [0.2, 0.25) is 0 Å². The molecule has 0 aliphatic carbocycles. The predicted molar refractivity (Wildman–Crippen MR) is 86.3 cm³/mol. The number of aryl methyl sites for hydroxylation is 1. The van der Waals surface area contributed by atoms with Gasteiger partial charge in [-0.3, -0.25) is 0 Å². The maximum absolute atomic E-state index is 5.21. The summed E-state index contributed by atoms with van der Waals surface area (Å²) in [5, 5.41) is 1.04. The van der Waals surface area contributed by atoms with Gasteiger partial charge in [-0.25, -0.2) is 0 Å². The van der Waals surface area contributed by atoms with Gasteiger partial charge in [-0.1, -0.05) is 52.9 Å². The Kier molecular flexibility index (Phi) is 7.52. The summed E-state index contributed by atoms with van der Waals surface area (Å²) in [4.78, 5) is 1.46. The molecule has 0 saturated heterocycles. The van der Waals surface area contributed by atoms with Crippen LogP contribution in [-0.2, 0) is 6.42 Å². The minimum absolute atomic E-state index is 0.512. The number of hydrogen-bond donors (Lipinski definition) is 0. The van der Waals surface area contributed by atoms with E-state index in [0.717, 1.165) is 5.06 Å². The Balaban J connectivity index is 1.94. The molecular formula is C17H30OS.